The summed E-state index contributed by atoms with van der Waals surface area (Å²) in [6.07, 6.45) is 0. The summed E-state index contributed by atoms with van der Waals surface area (Å²) in [5, 5.41) is 12.9. The highest BCUT2D eigenvalue weighted by molar-refractivity contribution is 6.12. The Morgan fingerprint density at radius 3 is 2.41 bits per heavy atom. The van der Waals surface area contributed by atoms with Crippen LogP contribution in [0, 0.1) is 11.3 Å². The third kappa shape index (κ3) is 3.55. The summed E-state index contributed by atoms with van der Waals surface area (Å²) in [6, 6.07) is 16.8. The molecular weight excluding hydrogens is 280 g/mol. The lowest BCUT2D eigenvalue weighted by molar-refractivity contribution is 0.214. The lowest BCUT2D eigenvalue weighted by Gasteiger charge is -2.12. The summed E-state index contributed by atoms with van der Waals surface area (Å²) in [4.78, 5) is 4.71. The van der Waals surface area contributed by atoms with Gasteiger partial charge in [-0.25, -0.2) is 0 Å². The maximum Gasteiger partial charge on any atom is 0.187 e. The van der Waals surface area contributed by atoms with E-state index in [4.69, 9.17) is 14.3 Å². The first-order chi connectivity index (χ1) is 10.8. The Kier molecular flexibility index (Phi) is 5.38. The van der Waals surface area contributed by atoms with E-state index < -0.39 is 0 Å². The van der Waals surface area contributed by atoms with Crippen LogP contribution in [0.25, 0.3) is 0 Å². The fourth-order valence-corrected chi connectivity index (χ4v) is 1.99. The Morgan fingerprint density at radius 2 is 1.73 bits per heavy atom. The predicted octanol–water partition coefficient (Wildman–Crippen LogP) is 3.15. The van der Waals surface area contributed by atoms with Crippen molar-refractivity contribution in [1.29, 1.82) is 5.26 Å². The third-order valence-corrected chi connectivity index (χ3v) is 3.01. The zero-order valence-corrected chi connectivity index (χ0v) is 12.4. The molecule has 0 saturated heterocycles. The van der Waals surface area contributed by atoms with Gasteiger partial charge in [0, 0.05) is 5.56 Å². The number of oxime groups is 1. The molecule has 0 unspecified atom stereocenters. The molecule has 0 radical (unpaired) electrons. The molecule has 5 nitrogen and oxygen atoms in total. The Hall–Kier alpha value is -3.00. The van der Waals surface area contributed by atoms with E-state index in [9.17, 15) is 5.26 Å². The maximum absolute atomic E-state index is 9.18. The van der Waals surface area contributed by atoms with E-state index in [2.05, 4.69) is 5.16 Å². The van der Waals surface area contributed by atoms with E-state index in [1.54, 1.807) is 7.11 Å². The van der Waals surface area contributed by atoms with Gasteiger partial charge < -0.3 is 14.3 Å². The Labute approximate surface area is 129 Å². The molecular formula is C17H16N2O3. The van der Waals surface area contributed by atoms with Crippen LogP contribution in [0.15, 0.2) is 53.7 Å². The number of hydrogen-bond acceptors (Lipinski definition) is 5. The fraction of sp³-hybridized carbons (Fsp3) is 0.176. The summed E-state index contributed by atoms with van der Waals surface area (Å²) >= 11 is 0. The highest BCUT2D eigenvalue weighted by atomic mass is 16.6. The molecule has 0 atom stereocenters. The number of hydrogen-bond donors (Lipinski definition) is 0. The SMILES string of the molecule is CON=C(C#N)c1ccccc1COc1ccccc1OC. The quantitative estimate of drug-likeness (QED) is 0.607. The van der Waals surface area contributed by atoms with Crippen molar-refractivity contribution in [3.05, 3.63) is 59.7 Å². The van der Waals surface area contributed by atoms with E-state index in [1.807, 2.05) is 54.6 Å². The van der Waals surface area contributed by atoms with Crippen molar-refractivity contribution in [3.8, 4) is 17.6 Å². The summed E-state index contributed by atoms with van der Waals surface area (Å²) in [5.41, 5.74) is 1.73. The molecule has 0 aliphatic carbocycles. The number of methoxy groups -OCH3 is 1. The van der Waals surface area contributed by atoms with Gasteiger partial charge in [-0.05, 0) is 17.7 Å². The zero-order chi connectivity index (χ0) is 15.8. The van der Waals surface area contributed by atoms with E-state index in [1.165, 1.54) is 7.11 Å². The molecule has 0 aliphatic rings. The molecule has 0 heterocycles. The molecule has 2 aromatic carbocycles. The van der Waals surface area contributed by atoms with Crippen molar-refractivity contribution in [2.45, 2.75) is 6.61 Å². The minimum Gasteiger partial charge on any atom is -0.493 e. The minimum atomic E-state index is 0.210. The number of ether oxygens (including phenoxy) is 2. The zero-order valence-electron chi connectivity index (χ0n) is 12.4. The molecule has 22 heavy (non-hydrogen) atoms. The van der Waals surface area contributed by atoms with E-state index >= 15 is 0 Å². The predicted molar refractivity (Wildman–Crippen MR) is 82.9 cm³/mol. The standard InChI is InChI=1S/C17H16N2O3/c1-20-16-9-5-6-10-17(16)22-12-13-7-3-4-8-14(13)15(11-18)19-21-2/h3-10H,12H2,1-2H3. The first-order valence-corrected chi connectivity index (χ1v) is 6.65. The second kappa shape index (κ2) is 7.70. The smallest absolute Gasteiger partial charge is 0.187 e. The molecule has 0 bridgehead atoms. The van der Waals surface area contributed by atoms with Gasteiger partial charge in [-0.1, -0.05) is 41.6 Å². The van der Waals surface area contributed by atoms with Crippen LogP contribution in [-0.4, -0.2) is 19.9 Å². The maximum atomic E-state index is 9.18. The second-order valence-electron chi connectivity index (χ2n) is 4.33. The van der Waals surface area contributed by atoms with Crippen LogP contribution in [0.2, 0.25) is 0 Å². The van der Waals surface area contributed by atoms with Crippen molar-refractivity contribution in [2.24, 2.45) is 5.16 Å². The van der Waals surface area contributed by atoms with E-state index in [0.29, 0.717) is 23.7 Å². The van der Waals surface area contributed by atoms with Gasteiger partial charge in [-0.2, -0.15) is 5.26 Å². The van der Waals surface area contributed by atoms with Gasteiger partial charge in [-0.3, -0.25) is 0 Å². The topological polar surface area (TPSA) is 63.8 Å². The number of benzene rings is 2. The fourth-order valence-electron chi connectivity index (χ4n) is 1.99. The Bertz CT molecular complexity index is 705. The van der Waals surface area contributed by atoms with Crippen molar-refractivity contribution < 1.29 is 14.3 Å². The van der Waals surface area contributed by atoms with Crippen LogP contribution in [-0.2, 0) is 11.4 Å². The molecule has 0 spiro atoms. The molecule has 112 valence electrons. The summed E-state index contributed by atoms with van der Waals surface area (Å²) in [5.74, 6) is 1.30. The Morgan fingerprint density at radius 1 is 1.05 bits per heavy atom. The molecule has 0 aliphatic heterocycles. The van der Waals surface area contributed by atoms with E-state index in [0.717, 1.165) is 5.56 Å². The van der Waals surface area contributed by atoms with Gasteiger partial charge in [0.15, 0.2) is 17.2 Å². The van der Waals surface area contributed by atoms with Crippen LogP contribution in [0.4, 0.5) is 0 Å². The monoisotopic (exact) mass is 296 g/mol. The lowest BCUT2D eigenvalue weighted by Crippen LogP contribution is -2.06. The largest absolute Gasteiger partial charge is 0.493 e. The van der Waals surface area contributed by atoms with Crippen molar-refractivity contribution in [1.82, 2.24) is 0 Å². The van der Waals surface area contributed by atoms with Gasteiger partial charge in [-0.15, -0.1) is 0 Å². The summed E-state index contributed by atoms with van der Waals surface area (Å²) in [7, 11) is 3.00. The number of para-hydroxylation sites is 2. The van der Waals surface area contributed by atoms with Crippen LogP contribution in [0.1, 0.15) is 11.1 Å². The van der Waals surface area contributed by atoms with Crippen molar-refractivity contribution in [3.63, 3.8) is 0 Å². The number of rotatable bonds is 6. The molecule has 0 saturated carbocycles. The molecule has 0 N–H and O–H groups in total. The molecule has 0 aromatic heterocycles. The molecule has 2 aromatic rings. The van der Waals surface area contributed by atoms with Crippen molar-refractivity contribution in [2.75, 3.05) is 14.2 Å². The highest BCUT2D eigenvalue weighted by Gasteiger charge is 2.11. The molecule has 2 rings (SSSR count). The van der Waals surface area contributed by atoms with Crippen LogP contribution in [0.3, 0.4) is 0 Å². The summed E-state index contributed by atoms with van der Waals surface area (Å²) < 4.78 is 11.0. The normalized spacial score (nSPS) is 10.7. The number of nitriles is 1. The average molecular weight is 296 g/mol. The molecule has 0 amide bonds. The van der Waals surface area contributed by atoms with Crippen LogP contribution < -0.4 is 9.47 Å². The first kappa shape index (κ1) is 15.4. The van der Waals surface area contributed by atoms with Crippen LogP contribution in [0.5, 0.6) is 11.5 Å². The van der Waals surface area contributed by atoms with Gasteiger partial charge in [0.25, 0.3) is 0 Å². The third-order valence-electron chi connectivity index (χ3n) is 3.01. The van der Waals surface area contributed by atoms with Gasteiger partial charge in [0.2, 0.25) is 0 Å². The average Bonchev–Trinajstić information content (AvgIpc) is 2.58. The molecule has 0 fully saturated rings. The minimum absolute atomic E-state index is 0.210. The second-order valence-corrected chi connectivity index (χ2v) is 4.33. The lowest BCUT2D eigenvalue weighted by atomic mass is 10.0. The van der Waals surface area contributed by atoms with Crippen molar-refractivity contribution >= 4 is 5.71 Å². The highest BCUT2D eigenvalue weighted by Crippen LogP contribution is 2.27. The van der Waals surface area contributed by atoms with Gasteiger partial charge in [0.1, 0.15) is 19.8 Å². The van der Waals surface area contributed by atoms with Gasteiger partial charge in [0.05, 0.1) is 7.11 Å². The first-order valence-electron chi connectivity index (χ1n) is 6.65. The van der Waals surface area contributed by atoms with E-state index in [-0.39, 0.29) is 5.71 Å². The number of nitrogens with zero attached hydrogens (tertiary/aromatic N) is 2. The molecule has 5 heteroatoms. The van der Waals surface area contributed by atoms with Gasteiger partial charge >= 0.3 is 0 Å². The summed E-state index contributed by atoms with van der Waals surface area (Å²) in [6.45, 7) is 0.293. The Balaban J connectivity index is 2.24. The van der Waals surface area contributed by atoms with Crippen LogP contribution >= 0.6 is 0 Å².